The molecule has 1 aliphatic rings. The fraction of sp³-hybridized carbons (Fsp3) is 0.238. The minimum Gasteiger partial charge on any atom is -0.370 e. The molecule has 0 spiro atoms. The predicted molar refractivity (Wildman–Crippen MR) is 99.3 cm³/mol. The van der Waals surface area contributed by atoms with Gasteiger partial charge >= 0.3 is 0 Å². The predicted octanol–water partition coefficient (Wildman–Crippen LogP) is 3.39. The highest BCUT2D eigenvalue weighted by atomic mass is 16.5. The van der Waals surface area contributed by atoms with Gasteiger partial charge in [-0.3, -0.25) is 4.79 Å². The van der Waals surface area contributed by atoms with Gasteiger partial charge in [-0.05, 0) is 24.6 Å². The molecule has 2 aromatic carbocycles. The Morgan fingerprint density at radius 3 is 2.50 bits per heavy atom. The molecule has 0 bridgehead atoms. The summed E-state index contributed by atoms with van der Waals surface area (Å²) in [6.07, 6.45) is 1.65. The number of carbonyl (C=O) groups excluding carboxylic acids is 1. The van der Waals surface area contributed by atoms with E-state index in [1.165, 1.54) is 0 Å². The van der Waals surface area contributed by atoms with Gasteiger partial charge in [-0.15, -0.1) is 0 Å². The topological polar surface area (TPSA) is 47.4 Å². The van der Waals surface area contributed by atoms with Crippen molar-refractivity contribution < 1.29 is 9.53 Å². The summed E-state index contributed by atoms with van der Waals surface area (Å²) in [7, 11) is 0. The number of hydrogen-bond donors (Lipinski definition) is 0. The van der Waals surface area contributed by atoms with Crippen molar-refractivity contribution >= 4 is 5.91 Å². The maximum atomic E-state index is 13.3. The molecule has 0 aliphatic carbocycles. The van der Waals surface area contributed by atoms with Crippen LogP contribution in [0, 0.1) is 6.92 Å². The van der Waals surface area contributed by atoms with Gasteiger partial charge < -0.3 is 9.64 Å². The van der Waals surface area contributed by atoms with Gasteiger partial charge in [0.25, 0.3) is 5.91 Å². The Morgan fingerprint density at radius 1 is 1.08 bits per heavy atom. The molecule has 1 amide bonds. The highest BCUT2D eigenvalue weighted by Gasteiger charge is 2.29. The zero-order chi connectivity index (χ0) is 17.9. The Kier molecular flexibility index (Phi) is 4.54. The van der Waals surface area contributed by atoms with Gasteiger partial charge in [-0.25, -0.2) is 4.68 Å². The first-order valence-electron chi connectivity index (χ1n) is 8.80. The molecule has 1 saturated heterocycles. The summed E-state index contributed by atoms with van der Waals surface area (Å²) < 4.78 is 7.62. The van der Waals surface area contributed by atoms with Crippen molar-refractivity contribution in [2.75, 3.05) is 19.7 Å². The summed E-state index contributed by atoms with van der Waals surface area (Å²) in [6.45, 7) is 3.59. The lowest BCUT2D eigenvalue weighted by molar-refractivity contribution is -0.0231. The van der Waals surface area contributed by atoms with Crippen LogP contribution in [0.5, 0.6) is 0 Å². The Hall–Kier alpha value is -2.92. The van der Waals surface area contributed by atoms with Crippen LogP contribution in [-0.4, -0.2) is 40.3 Å². The van der Waals surface area contributed by atoms with Gasteiger partial charge in [0.15, 0.2) is 0 Å². The number of hydrogen-bond acceptors (Lipinski definition) is 3. The lowest BCUT2D eigenvalue weighted by Gasteiger charge is -2.33. The molecule has 5 nitrogen and oxygen atoms in total. The van der Waals surface area contributed by atoms with Crippen molar-refractivity contribution in [2.45, 2.75) is 13.0 Å². The van der Waals surface area contributed by atoms with Crippen LogP contribution in [-0.2, 0) is 4.74 Å². The zero-order valence-corrected chi connectivity index (χ0v) is 14.7. The Bertz CT molecular complexity index is 890. The minimum atomic E-state index is -0.0951. The van der Waals surface area contributed by atoms with Crippen LogP contribution < -0.4 is 0 Å². The standard InChI is InChI=1S/C21H21N3O2/c1-16-14-22-24(18-10-6-3-7-11-18)20(16)21(25)23-12-13-26-19(15-23)17-8-4-2-5-9-17/h2-11,14,19H,12-13,15H2,1H3/t19-/m0/s1. The van der Waals surface area contributed by atoms with Gasteiger partial charge in [-0.2, -0.15) is 5.10 Å². The van der Waals surface area contributed by atoms with E-state index in [2.05, 4.69) is 5.10 Å². The molecule has 4 rings (SSSR count). The first-order valence-corrected chi connectivity index (χ1v) is 8.80. The van der Waals surface area contributed by atoms with Gasteiger partial charge in [-0.1, -0.05) is 48.5 Å². The van der Waals surface area contributed by atoms with Gasteiger partial charge in [0, 0.05) is 12.1 Å². The molecule has 26 heavy (non-hydrogen) atoms. The largest absolute Gasteiger partial charge is 0.370 e. The highest BCUT2D eigenvalue weighted by Crippen LogP contribution is 2.24. The van der Waals surface area contributed by atoms with Gasteiger partial charge in [0.2, 0.25) is 0 Å². The van der Waals surface area contributed by atoms with Crippen LogP contribution in [0.4, 0.5) is 0 Å². The van der Waals surface area contributed by atoms with Gasteiger partial charge in [0.1, 0.15) is 11.8 Å². The van der Waals surface area contributed by atoms with Crippen molar-refractivity contribution in [1.82, 2.24) is 14.7 Å². The second-order valence-electron chi connectivity index (χ2n) is 6.44. The number of aryl methyl sites for hydroxylation is 1. The second-order valence-corrected chi connectivity index (χ2v) is 6.44. The number of para-hydroxylation sites is 1. The normalized spacial score (nSPS) is 17.3. The van der Waals surface area contributed by atoms with Crippen LogP contribution in [0.25, 0.3) is 5.69 Å². The molecule has 132 valence electrons. The van der Waals surface area contributed by atoms with Crippen molar-refractivity contribution in [3.05, 3.63) is 83.7 Å². The number of morpholine rings is 1. The quantitative estimate of drug-likeness (QED) is 0.730. The number of amides is 1. The fourth-order valence-corrected chi connectivity index (χ4v) is 3.31. The molecule has 0 saturated carbocycles. The molecule has 3 aromatic rings. The number of benzene rings is 2. The van der Waals surface area contributed by atoms with E-state index in [9.17, 15) is 4.79 Å². The maximum absolute atomic E-state index is 13.3. The third-order valence-electron chi connectivity index (χ3n) is 4.68. The lowest BCUT2D eigenvalue weighted by Crippen LogP contribution is -2.43. The summed E-state index contributed by atoms with van der Waals surface area (Å²) >= 11 is 0. The number of ether oxygens (including phenoxy) is 1. The van der Waals surface area contributed by atoms with E-state index in [0.717, 1.165) is 16.8 Å². The van der Waals surface area contributed by atoms with E-state index in [0.29, 0.717) is 25.4 Å². The second kappa shape index (κ2) is 7.14. The van der Waals surface area contributed by atoms with E-state index in [4.69, 9.17) is 4.74 Å². The molecule has 1 aromatic heterocycles. The maximum Gasteiger partial charge on any atom is 0.273 e. The summed E-state index contributed by atoms with van der Waals surface area (Å²) in [6, 6.07) is 19.8. The van der Waals surface area contributed by atoms with Crippen molar-refractivity contribution in [1.29, 1.82) is 0 Å². The van der Waals surface area contributed by atoms with Crippen LogP contribution in [0.1, 0.15) is 27.7 Å². The average molecular weight is 347 g/mol. The average Bonchev–Trinajstić information content (AvgIpc) is 3.10. The van der Waals surface area contributed by atoms with Gasteiger partial charge in [0.05, 0.1) is 25.0 Å². The van der Waals surface area contributed by atoms with Crippen molar-refractivity contribution in [3.63, 3.8) is 0 Å². The molecule has 1 aliphatic heterocycles. The number of carbonyl (C=O) groups is 1. The van der Waals surface area contributed by atoms with E-state index >= 15 is 0 Å². The third-order valence-corrected chi connectivity index (χ3v) is 4.68. The van der Waals surface area contributed by atoms with Crippen molar-refractivity contribution in [3.8, 4) is 5.69 Å². The molecule has 0 radical (unpaired) electrons. The minimum absolute atomic E-state index is 0.00640. The first kappa shape index (κ1) is 16.5. The molecule has 0 N–H and O–H groups in total. The SMILES string of the molecule is Cc1cnn(-c2ccccc2)c1C(=O)N1CCO[C@H](c2ccccc2)C1. The van der Waals surface area contributed by atoms with E-state index in [1.54, 1.807) is 10.9 Å². The molecular formula is C21H21N3O2. The number of rotatable bonds is 3. The van der Waals surface area contributed by atoms with E-state index < -0.39 is 0 Å². The molecule has 5 heteroatoms. The molecule has 2 heterocycles. The van der Waals surface area contributed by atoms with E-state index in [1.807, 2.05) is 72.5 Å². The molecule has 1 atom stereocenters. The summed E-state index contributed by atoms with van der Waals surface area (Å²) in [5.74, 6) is -0.00640. The molecular weight excluding hydrogens is 326 g/mol. The Balaban J connectivity index is 1.61. The van der Waals surface area contributed by atoms with Crippen LogP contribution in [0.2, 0.25) is 0 Å². The summed E-state index contributed by atoms with van der Waals surface area (Å²) in [4.78, 5) is 15.1. The molecule has 1 fully saturated rings. The highest BCUT2D eigenvalue weighted by molar-refractivity contribution is 5.94. The van der Waals surface area contributed by atoms with Crippen LogP contribution in [0.15, 0.2) is 66.9 Å². The summed E-state index contributed by atoms with van der Waals surface area (Å²) in [5.41, 5.74) is 3.47. The monoisotopic (exact) mass is 347 g/mol. The van der Waals surface area contributed by atoms with Crippen LogP contribution >= 0.6 is 0 Å². The number of aromatic nitrogens is 2. The third kappa shape index (κ3) is 3.13. The lowest BCUT2D eigenvalue weighted by atomic mass is 10.1. The van der Waals surface area contributed by atoms with Crippen molar-refractivity contribution in [2.24, 2.45) is 0 Å². The summed E-state index contributed by atoms with van der Waals surface area (Å²) in [5, 5.41) is 4.42. The Morgan fingerprint density at radius 2 is 1.77 bits per heavy atom. The zero-order valence-electron chi connectivity index (χ0n) is 14.7. The smallest absolute Gasteiger partial charge is 0.273 e. The van der Waals surface area contributed by atoms with Crippen LogP contribution in [0.3, 0.4) is 0 Å². The Labute approximate surface area is 152 Å². The molecule has 0 unspecified atom stereocenters. The fourth-order valence-electron chi connectivity index (χ4n) is 3.31. The first-order chi connectivity index (χ1) is 12.7. The van der Waals surface area contributed by atoms with E-state index in [-0.39, 0.29) is 12.0 Å². The number of nitrogens with zero attached hydrogens (tertiary/aromatic N) is 3.